The van der Waals surface area contributed by atoms with E-state index in [1.807, 2.05) is 12.1 Å². The van der Waals surface area contributed by atoms with Crippen LogP contribution in [0.25, 0.3) is 0 Å². The number of benzene rings is 1. The third kappa shape index (κ3) is 1.99. The maximum absolute atomic E-state index is 11.9. The molecule has 1 aliphatic rings. The van der Waals surface area contributed by atoms with Gasteiger partial charge in [0.2, 0.25) is 0 Å². The van der Waals surface area contributed by atoms with Crippen molar-refractivity contribution in [3.8, 4) is 0 Å². The van der Waals surface area contributed by atoms with E-state index in [2.05, 4.69) is 19.2 Å². The van der Waals surface area contributed by atoms with Crippen LogP contribution in [0.15, 0.2) is 29.2 Å². The third-order valence-corrected chi connectivity index (χ3v) is 4.93. The maximum Gasteiger partial charge on any atom is 0.180 e. The Kier molecular flexibility index (Phi) is 3.04. The molecule has 16 heavy (non-hydrogen) atoms. The molecule has 4 heteroatoms. The van der Waals surface area contributed by atoms with E-state index >= 15 is 0 Å². The molecule has 1 N–H and O–H groups in total. The number of nitrogens with one attached hydrogen (secondary N) is 1. The zero-order chi connectivity index (χ0) is 11.8. The Bertz CT molecular complexity index is 482. The van der Waals surface area contributed by atoms with E-state index in [-0.39, 0.29) is 11.8 Å². The summed E-state index contributed by atoms with van der Waals surface area (Å²) in [5.74, 6) is 0.191. The lowest BCUT2D eigenvalue weighted by atomic mass is 10.1. The van der Waals surface area contributed by atoms with Crippen LogP contribution in [0.5, 0.6) is 0 Å². The minimum Gasteiger partial charge on any atom is -0.307 e. The van der Waals surface area contributed by atoms with Crippen molar-refractivity contribution >= 4 is 9.84 Å². The second-order valence-corrected chi connectivity index (χ2v) is 6.35. The third-order valence-electron chi connectivity index (χ3n) is 3.11. The molecule has 1 aromatic rings. The Morgan fingerprint density at radius 2 is 2.12 bits per heavy atom. The van der Waals surface area contributed by atoms with Crippen molar-refractivity contribution in [1.29, 1.82) is 0 Å². The van der Waals surface area contributed by atoms with Gasteiger partial charge in [0.15, 0.2) is 9.84 Å². The first-order chi connectivity index (χ1) is 7.54. The van der Waals surface area contributed by atoms with Crippen molar-refractivity contribution in [2.45, 2.75) is 37.2 Å². The van der Waals surface area contributed by atoms with Gasteiger partial charge in [0, 0.05) is 12.1 Å². The molecule has 0 aliphatic carbocycles. The molecule has 0 aromatic heterocycles. The van der Waals surface area contributed by atoms with Crippen LogP contribution in [-0.4, -0.2) is 20.2 Å². The Morgan fingerprint density at radius 1 is 1.44 bits per heavy atom. The summed E-state index contributed by atoms with van der Waals surface area (Å²) in [6.07, 6.45) is 0.999. The highest BCUT2D eigenvalue weighted by atomic mass is 32.2. The fourth-order valence-corrected chi connectivity index (χ4v) is 3.80. The first kappa shape index (κ1) is 11.6. The fraction of sp³-hybridized carbons (Fsp3) is 0.500. The van der Waals surface area contributed by atoms with Crippen LogP contribution in [-0.2, 0) is 9.84 Å². The van der Waals surface area contributed by atoms with E-state index < -0.39 is 9.84 Å². The summed E-state index contributed by atoms with van der Waals surface area (Å²) in [5, 5.41) is 3.36. The predicted octanol–water partition coefficient (Wildman–Crippen LogP) is 1.90. The lowest BCUT2D eigenvalue weighted by Gasteiger charge is -2.17. The van der Waals surface area contributed by atoms with E-state index in [0.717, 1.165) is 12.0 Å². The number of fused-ring (bicyclic) bond motifs is 1. The van der Waals surface area contributed by atoms with Crippen LogP contribution in [0.3, 0.4) is 0 Å². The van der Waals surface area contributed by atoms with Crippen LogP contribution in [0, 0.1) is 0 Å². The van der Waals surface area contributed by atoms with Crippen molar-refractivity contribution in [2.24, 2.45) is 0 Å². The first-order valence-electron chi connectivity index (χ1n) is 5.62. The van der Waals surface area contributed by atoms with Gasteiger partial charge in [-0.05, 0) is 25.0 Å². The second-order valence-electron chi connectivity index (χ2n) is 4.35. The van der Waals surface area contributed by atoms with Gasteiger partial charge in [-0.1, -0.05) is 25.1 Å². The molecule has 0 saturated carbocycles. The molecule has 1 aliphatic heterocycles. The summed E-state index contributed by atoms with van der Waals surface area (Å²) in [6.45, 7) is 4.17. The Hall–Kier alpha value is -0.870. The van der Waals surface area contributed by atoms with Crippen LogP contribution >= 0.6 is 0 Å². The zero-order valence-corrected chi connectivity index (χ0v) is 10.4. The lowest BCUT2D eigenvalue weighted by molar-refractivity contribution is 0.472. The fourth-order valence-electron chi connectivity index (χ4n) is 2.05. The quantitative estimate of drug-likeness (QED) is 0.876. The van der Waals surface area contributed by atoms with Crippen LogP contribution < -0.4 is 5.32 Å². The van der Waals surface area contributed by atoms with E-state index in [1.165, 1.54) is 0 Å². The number of sulfone groups is 1. The molecule has 2 rings (SSSR count). The number of rotatable bonds is 3. The molecule has 0 radical (unpaired) electrons. The molecule has 1 heterocycles. The van der Waals surface area contributed by atoms with Crippen molar-refractivity contribution < 1.29 is 8.42 Å². The van der Waals surface area contributed by atoms with Gasteiger partial charge in [-0.3, -0.25) is 0 Å². The van der Waals surface area contributed by atoms with E-state index in [0.29, 0.717) is 10.9 Å². The monoisotopic (exact) mass is 239 g/mol. The van der Waals surface area contributed by atoms with Crippen molar-refractivity contribution in [1.82, 2.24) is 5.32 Å². The van der Waals surface area contributed by atoms with Gasteiger partial charge in [0.25, 0.3) is 0 Å². The van der Waals surface area contributed by atoms with Crippen LogP contribution in [0.1, 0.15) is 31.9 Å². The number of hydrogen-bond donors (Lipinski definition) is 1. The van der Waals surface area contributed by atoms with Crippen molar-refractivity contribution in [2.75, 3.05) is 5.75 Å². The normalized spacial score (nSPS) is 24.0. The molecule has 0 saturated heterocycles. The summed E-state index contributed by atoms with van der Waals surface area (Å²) in [6, 6.07) is 7.57. The van der Waals surface area contributed by atoms with Gasteiger partial charge in [0.05, 0.1) is 10.6 Å². The minimum atomic E-state index is -3.07. The molecule has 2 unspecified atom stereocenters. The summed E-state index contributed by atoms with van der Waals surface area (Å²) in [7, 11) is -3.07. The standard InChI is InChI=1S/C12H17NO2S/c1-3-9(2)13-11-8-16(14,15)12-7-5-4-6-10(11)12/h4-7,9,11,13H,3,8H2,1-2H3. The number of hydrogen-bond acceptors (Lipinski definition) is 3. The zero-order valence-electron chi connectivity index (χ0n) is 9.60. The summed E-state index contributed by atoms with van der Waals surface area (Å²) in [4.78, 5) is 0.496. The van der Waals surface area contributed by atoms with E-state index in [4.69, 9.17) is 0 Å². The second kappa shape index (κ2) is 4.18. The lowest BCUT2D eigenvalue weighted by Crippen LogP contribution is -2.30. The van der Waals surface area contributed by atoms with E-state index in [9.17, 15) is 8.42 Å². The highest BCUT2D eigenvalue weighted by Crippen LogP contribution is 2.33. The molecular formula is C12H17NO2S. The Balaban J connectivity index is 2.34. The Labute approximate surface area is 96.8 Å². The van der Waals surface area contributed by atoms with Crippen molar-refractivity contribution in [3.05, 3.63) is 29.8 Å². The van der Waals surface area contributed by atoms with Gasteiger partial charge >= 0.3 is 0 Å². The molecule has 88 valence electrons. The Morgan fingerprint density at radius 3 is 2.81 bits per heavy atom. The van der Waals surface area contributed by atoms with Crippen molar-refractivity contribution in [3.63, 3.8) is 0 Å². The molecule has 0 fully saturated rings. The smallest absolute Gasteiger partial charge is 0.180 e. The minimum absolute atomic E-state index is 0.0452. The van der Waals surface area contributed by atoms with Gasteiger partial charge in [-0.2, -0.15) is 0 Å². The highest BCUT2D eigenvalue weighted by Gasteiger charge is 2.34. The molecular weight excluding hydrogens is 222 g/mol. The van der Waals surface area contributed by atoms with E-state index in [1.54, 1.807) is 12.1 Å². The van der Waals surface area contributed by atoms with Gasteiger partial charge < -0.3 is 5.32 Å². The van der Waals surface area contributed by atoms with Gasteiger partial charge in [-0.15, -0.1) is 0 Å². The largest absolute Gasteiger partial charge is 0.307 e. The van der Waals surface area contributed by atoms with Gasteiger partial charge in [-0.25, -0.2) is 8.42 Å². The molecule has 3 nitrogen and oxygen atoms in total. The first-order valence-corrected chi connectivity index (χ1v) is 7.27. The molecule has 0 spiro atoms. The summed E-state index contributed by atoms with van der Waals surface area (Å²) >= 11 is 0. The van der Waals surface area contributed by atoms with Gasteiger partial charge in [0.1, 0.15) is 0 Å². The van der Waals surface area contributed by atoms with Crippen LogP contribution in [0.4, 0.5) is 0 Å². The molecule has 0 bridgehead atoms. The predicted molar refractivity (Wildman–Crippen MR) is 64.1 cm³/mol. The van der Waals surface area contributed by atoms with Crippen LogP contribution in [0.2, 0.25) is 0 Å². The topological polar surface area (TPSA) is 46.2 Å². The summed E-state index contributed by atoms with van der Waals surface area (Å²) in [5.41, 5.74) is 0.919. The summed E-state index contributed by atoms with van der Waals surface area (Å²) < 4.78 is 23.8. The molecule has 0 amide bonds. The average molecular weight is 239 g/mol. The SMILES string of the molecule is CCC(C)NC1CS(=O)(=O)c2ccccc21. The molecule has 1 aromatic carbocycles. The molecule has 2 atom stereocenters. The maximum atomic E-state index is 11.9. The average Bonchev–Trinajstić information content (AvgIpc) is 2.51. The highest BCUT2D eigenvalue weighted by molar-refractivity contribution is 7.91.